The first-order chi connectivity index (χ1) is 13.3. The van der Waals surface area contributed by atoms with Gasteiger partial charge in [0, 0.05) is 24.2 Å². The molecule has 3 rings (SSSR count). The lowest BCUT2D eigenvalue weighted by molar-refractivity contribution is -0.147. The Morgan fingerprint density at radius 1 is 0.821 bits per heavy atom. The lowest BCUT2D eigenvalue weighted by Crippen LogP contribution is -2.03. The first-order valence-corrected chi connectivity index (χ1v) is 7.57. The van der Waals surface area contributed by atoms with Gasteiger partial charge in [-0.25, -0.2) is 19.9 Å². The van der Waals surface area contributed by atoms with Gasteiger partial charge in [0.25, 0.3) is 0 Å². The van der Waals surface area contributed by atoms with Crippen molar-refractivity contribution in [2.75, 3.05) is 11.5 Å². The van der Waals surface area contributed by atoms with E-state index in [1.54, 1.807) is 24.4 Å². The Labute approximate surface area is 157 Å². The molecule has 0 unspecified atom stereocenters. The summed E-state index contributed by atoms with van der Waals surface area (Å²) in [5, 5.41) is 25.8. The zero-order valence-corrected chi connectivity index (χ0v) is 14.2. The molecule has 0 saturated heterocycles. The summed E-state index contributed by atoms with van der Waals surface area (Å²) in [4.78, 5) is 38.7. The molecule has 28 heavy (non-hydrogen) atoms. The number of aromatic hydroxyl groups is 1. The second kappa shape index (κ2) is 8.84. The van der Waals surface area contributed by atoms with E-state index < -0.39 is 18.4 Å². The van der Waals surface area contributed by atoms with Gasteiger partial charge in [0.2, 0.25) is 11.9 Å². The van der Waals surface area contributed by atoms with Crippen molar-refractivity contribution < 1.29 is 24.9 Å². The van der Waals surface area contributed by atoms with Crippen LogP contribution in [0.1, 0.15) is 6.42 Å². The average Bonchev–Trinajstić information content (AvgIpc) is 2.61. The molecule has 12 nitrogen and oxygen atoms in total. The van der Waals surface area contributed by atoms with Crippen LogP contribution in [0.25, 0.3) is 22.6 Å². The number of hydrogen-bond donors (Lipinski definition) is 5. The normalized spacial score (nSPS) is 9.86. The summed E-state index contributed by atoms with van der Waals surface area (Å²) in [6, 6.07) is 4.88. The first kappa shape index (κ1) is 20.0. The van der Waals surface area contributed by atoms with E-state index in [2.05, 4.69) is 24.9 Å². The maximum Gasteiger partial charge on any atom is 0.314 e. The molecule has 12 heteroatoms. The molecule has 144 valence electrons. The Balaban J connectivity index is 0.000000345. The van der Waals surface area contributed by atoms with Crippen molar-refractivity contribution in [3.8, 4) is 28.4 Å². The smallest absolute Gasteiger partial charge is 0.314 e. The van der Waals surface area contributed by atoms with Crippen LogP contribution in [0.2, 0.25) is 0 Å². The molecule has 0 spiro atoms. The molecular formula is C16H15N7O5. The number of aliphatic carboxylic acids is 2. The third-order valence-corrected chi connectivity index (χ3v) is 3.09. The van der Waals surface area contributed by atoms with Gasteiger partial charge in [-0.05, 0) is 18.2 Å². The molecule has 3 aromatic heterocycles. The summed E-state index contributed by atoms with van der Waals surface area (Å²) in [5.74, 6) is -2.46. The molecule has 0 aromatic carbocycles. The van der Waals surface area contributed by atoms with Crippen LogP contribution in [-0.4, -0.2) is 52.2 Å². The Kier molecular flexibility index (Phi) is 6.31. The Morgan fingerprint density at radius 3 is 1.82 bits per heavy atom. The molecule has 0 aliphatic rings. The minimum atomic E-state index is -1.31. The van der Waals surface area contributed by atoms with Crippen molar-refractivity contribution in [1.29, 1.82) is 0 Å². The van der Waals surface area contributed by atoms with Gasteiger partial charge in [-0.2, -0.15) is 0 Å². The molecule has 0 aliphatic carbocycles. The highest BCUT2D eigenvalue weighted by Gasteiger charge is 2.14. The number of hydrogen-bond acceptors (Lipinski definition) is 10. The van der Waals surface area contributed by atoms with Crippen LogP contribution < -0.4 is 11.5 Å². The Hall–Kier alpha value is -4.35. The third-order valence-electron chi connectivity index (χ3n) is 3.09. The molecule has 3 aromatic rings. The van der Waals surface area contributed by atoms with Crippen LogP contribution >= 0.6 is 0 Å². The summed E-state index contributed by atoms with van der Waals surface area (Å²) < 4.78 is 0. The molecule has 0 amide bonds. The van der Waals surface area contributed by atoms with Gasteiger partial charge in [0.15, 0.2) is 5.75 Å². The zero-order chi connectivity index (χ0) is 20.7. The van der Waals surface area contributed by atoms with Gasteiger partial charge >= 0.3 is 11.9 Å². The molecular weight excluding hydrogens is 370 g/mol. The van der Waals surface area contributed by atoms with Crippen molar-refractivity contribution in [2.45, 2.75) is 6.42 Å². The summed E-state index contributed by atoms with van der Waals surface area (Å²) in [6.45, 7) is 0. The number of rotatable bonds is 4. The number of carboxylic acid groups (broad SMARTS) is 2. The van der Waals surface area contributed by atoms with Crippen LogP contribution in [0.4, 0.5) is 11.9 Å². The monoisotopic (exact) mass is 385 g/mol. The molecule has 0 saturated carbocycles. The van der Waals surface area contributed by atoms with Gasteiger partial charge in [-0.1, -0.05) is 0 Å². The number of pyridine rings is 1. The van der Waals surface area contributed by atoms with Crippen LogP contribution in [0, 0.1) is 0 Å². The molecule has 0 fully saturated rings. The van der Waals surface area contributed by atoms with E-state index in [-0.39, 0.29) is 17.6 Å². The number of aromatic nitrogens is 5. The Morgan fingerprint density at radius 2 is 1.32 bits per heavy atom. The van der Waals surface area contributed by atoms with Gasteiger partial charge < -0.3 is 26.8 Å². The summed E-state index contributed by atoms with van der Waals surface area (Å²) in [6.07, 6.45) is 3.75. The maximum atomic E-state index is 10.4. The number of nitrogens with zero attached hydrogens (tertiary/aromatic N) is 5. The fourth-order valence-electron chi connectivity index (χ4n) is 2.01. The minimum absolute atomic E-state index is 0.0614. The predicted molar refractivity (Wildman–Crippen MR) is 96.7 cm³/mol. The highest BCUT2D eigenvalue weighted by Crippen LogP contribution is 2.34. The zero-order valence-electron chi connectivity index (χ0n) is 14.2. The van der Waals surface area contributed by atoms with Gasteiger partial charge in [-0.3, -0.25) is 14.6 Å². The third kappa shape index (κ3) is 5.32. The fourth-order valence-corrected chi connectivity index (χ4v) is 2.01. The molecule has 7 N–H and O–H groups in total. The standard InChI is InChI=1S/C13H11N7O.C3H4O4/c14-12-17-5-2-8(19-12)7-1-4-16-10(11(7)21)9-3-6-18-13(15)20-9;4-2(5)1-3(6)7/h1-6,21H,(H2,14,17,19)(H2,15,18,20);1H2,(H,4,5)(H,6,7). The molecule has 0 bridgehead atoms. The second-order valence-corrected chi connectivity index (χ2v) is 5.12. The maximum absolute atomic E-state index is 10.4. The van der Waals surface area contributed by atoms with E-state index in [0.29, 0.717) is 22.6 Å². The van der Waals surface area contributed by atoms with Crippen molar-refractivity contribution in [2.24, 2.45) is 0 Å². The van der Waals surface area contributed by atoms with E-state index in [0.717, 1.165) is 0 Å². The topological polar surface area (TPSA) is 211 Å². The summed E-state index contributed by atoms with van der Waals surface area (Å²) >= 11 is 0. The van der Waals surface area contributed by atoms with Crippen LogP contribution in [0.5, 0.6) is 5.75 Å². The average molecular weight is 385 g/mol. The minimum Gasteiger partial charge on any atom is -0.505 e. The van der Waals surface area contributed by atoms with Crippen molar-refractivity contribution in [3.05, 3.63) is 36.8 Å². The van der Waals surface area contributed by atoms with E-state index in [4.69, 9.17) is 21.7 Å². The number of carboxylic acids is 2. The van der Waals surface area contributed by atoms with Crippen molar-refractivity contribution >= 4 is 23.8 Å². The predicted octanol–water partition coefficient (Wildman–Crippen LogP) is 0.411. The molecule has 0 aliphatic heterocycles. The lowest BCUT2D eigenvalue weighted by atomic mass is 10.1. The molecule has 3 heterocycles. The highest BCUT2D eigenvalue weighted by molar-refractivity contribution is 5.88. The number of carbonyl (C=O) groups is 2. The molecule has 0 radical (unpaired) electrons. The lowest BCUT2D eigenvalue weighted by Gasteiger charge is -2.08. The largest absolute Gasteiger partial charge is 0.505 e. The highest BCUT2D eigenvalue weighted by atomic mass is 16.4. The van der Waals surface area contributed by atoms with Crippen molar-refractivity contribution in [3.63, 3.8) is 0 Å². The van der Waals surface area contributed by atoms with Crippen LogP contribution in [-0.2, 0) is 9.59 Å². The first-order valence-electron chi connectivity index (χ1n) is 7.57. The number of nitrogens with two attached hydrogens (primary N) is 2. The SMILES string of the molecule is Nc1nccc(-c2ccnc(-c3ccnc(N)n3)c2O)n1.O=C(O)CC(=O)O. The number of anilines is 2. The summed E-state index contributed by atoms with van der Waals surface area (Å²) in [7, 11) is 0. The van der Waals surface area contributed by atoms with Crippen LogP contribution in [0.15, 0.2) is 36.8 Å². The van der Waals surface area contributed by atoms with Gasteiger partial charge in [0.1, 0.15) is 12.1 Å². The quantitative estimate of drug-likeness (QED) is 0.386. The fraction of sp³-hybridized carbons (Fsp3) is 0.0625. The molecule has 0 atom stereocenters. The van der Waals surface area contributed by atoms with E-state index >= 15 is 0 Å². The van der Waals surface area contributed by atoms with Crippen molar-refractivity contribution in [1.82, 2.24) is 24.9 Å². The Bertz CT molecular complexity index is 936. The van der Waals surface area contributed by atoms with E-state index in [1.807, 2.05) is 0 Å². The van der Waals surface area contributed by atoms with E-state index in [9.17, 15) is 14.7 Å². The van der Waals surface area contributed by atoms with Gasteiger partial charge in [-0.15, -0.1) is 0 Å². The van der Waals surface area contributed by atoms with Gasteiger partial charge in [0.05, 0.1) is 11.4 Å². The second-order valence-electron chi connectivity index (χ2n) is 5.12. The summed E-state index contributed by atoms with van der Waals surface area (Å²) in [5.41, 5.74) is 12.8. The van der Waals surface area contributed by atoms with E-state index in [1.165, 1.54) is 12.4 Å². The van der Waals surface area contributed by atoms with Crippen LogP contribution in [0.3, 0.4) is 0 Å². The number of nitrogen functional groups attached to an aromatic ring is 2.